The third kappa shape index (κ3) is 2.99. The lowest BCUT2D eigenvalue weighted by Gasteiger charge is -2.31. The summed E-state index contributed by atoms with van der Waals surface area (Å²) in [6, 6.07) is 0. The summed E-state index contributed by atoms with van der Waals surface area (Å²) in [4.78, 5) is 0. The molecule has 0 heterocycles. The molecule has 2 nitrogen and oxygen atoms in total. The molecule has 0 radical (unpaired) electrons. The number of hydrogen-bond donors (Lipinski definition) is 2. The Morgan fingerprint density at radius 3 is 1.38 bits per heavy atom. The fourth-order valence-corrected chi connectivity index (χ4v) is 4.97. The van der Waals surface area contributed by atoms with Crippen molar-refractivity contribution in [3.05, 3.63) is 35.4 Å². The van der Waals surface area contributed by atoms with E-state index in [2.05, 4.69) is 13.2 Å². The molecule has 0 unspecified atom stereocenters. The van der Waals surface area contributed by atoms with Gasteiger partial charge in [-0.2, -0.15) is 0 Å². The smallest absolute Gasteiger partial charge is 0.0446 e. The zero-order valence-corrected chi connectivity index (χ0v) is 14.9. The van der Waals surface area contributed by atoms with E-state index >= 15 is 0 Å². The molecular formula is C22H32N2. The van der Waals surface area contributed by atoms with Crippen LogP contribution in [-0.4, -0.2) is 0 Å². The first-order valence-corrected chi connectivity index (χ1v) is 9.68. The summed E-state index contributed by atoms with van der Waals surface area (Å²) in [5.74, 6) is 1.04. The first-order valence-electron chi connectivity index (χ1n) is 9.68. The van der Waals surface area contributed by atoms with Crippen LogP contribution in [0.4, 0.5) is 11.4 Å². The molecule has 3 rings (SSSR count). The quantitative estimate of drug-likeness (QED) is 0.645. The van der Waals surface area contributed by atoms with Crippen LogP contribution in [0.3, 0.4) is 0 Å². The Morgan fingerprint density at radius 1 is 0.625 bits per heavy atom. The van der Waals surface area contributed by atoms with Gasteiger partial charge in [0.1, 0.15) is 0 Å². The lowest BCUT2D eigenvalue weighted by atomic mass is 9.75. The highest BCUT2D eigenvalue weighted by atomic mass is 14.7. The van der Waals surface area contributed by atoms with Crippen molar-refractivity contribution in [3.63, 3.8) is 0 Å². The van der Waals surface area contributed by atoms with Gasteiger partial charge in [-0.25, -0.2) is 0 Å². The van der Waals surface area contributed by atoms with E-state index in [1.54, 1.807) is 0 Å². The molecule has 2 aliphatic carbocycles. The molecule has 0 aromatic heterocycles. The number of benzene rings is 1. The second-order valence-electron chi connectivity index (χ2n) is 7.56. The minimum atomic E-state index is 0.497. The number of anilines is 2. The largest absolute Gasteiger partial charge is 0.398 e. The Balaban J connectivity index is 2.15. The van der Waals surface area contributed by atoms with Crippen LogP contribution in [0.1, 0.15) is 98.3 Å². The van der Waals surface area contributed by atoms with Gasteiger partial charge in [0.25, 0.3) is 0 Å². The van der Waals surface area contributed by atoms with Gasteiger partial charge in [0.2, 0.25) is 0 Å². The van der Waals surface area contributed by atoms with Crippen molar-refractivity contribution in [2.45, 2.75) is 76.0 Å². The molecule has 2 heteroatoms. The second kappa shape index (κ2) is 7.46. The predicted octanol–water partition coefficient (Wildman–Crippen LogP) is 6.23. The van der Waals surface area contributed by atoms with E-state index < -0.39 is 0 Å². The van der Waals surface area contributed by atoms with E-state index in [-0.39, 0.29) is 0 Å². The molecule has 0 saturated heterocycles. The van der Waals surface area contributed by atoms with Crippen molar-refractivity contribution in [1.29, 1.82) is 0 Å². The Bertz CT molecular complexity index is 582. The molecule has 2 aliphatic rings. The number of rotatable bonds is 4. The highest BCUT2D eigenvalue weighted by Gasteiger charge is 2.28. The first-order chi connectivity index (χ1) is 11.7. The fourth-order valence-electron chi connectivity index (χ4n) is 4.97. The summed E-state index contributed by atoms with van der Waals surface area (Å²) in [5.41, 5.74) is 19.9. The van der Waals surface area contributed by atoms with Crippen LogP contribution in [0.15, 0.2) is 13.2 Å². The number of nitrogens with two attached hydrogens (primary N) is 2. The molecular weight excluding hydrogens is 292 g/mol. The van der Waals surface area contributed by atoms with Crippen molar-refractivity contribution in [1.82, 2.24) is 0 Å². The lowest BCUT2D eigenvalue weighted by molar-refractivity contribution is 0.440. The molecule has 1 aromatic carbocycles. The van der Waals surface area contributed by atoms with Crippen molar-refractivity contribution in [2.24, 2.45) is 0 Å². The first kappa shape index (κ1) is 17.1. The molecule has 130 valence electrons. The molecule has 24 heavy (non-hydrogen) atoms. The Morgan fingerprint density at radius 2 is 1.00 bits per heavy atom. The summed E-state index contributed by atoms with van der Waals surface area (Å²) in [5, 5.41) is 0. The van der Waals surface area contributed by atoms with Gasteiger partial charge in [-0.05, 0) is 43.1 Å². The van der Waals surface area contributed by atoms with Crippen molar-refractivity contribution >= 4 is 23.5 Å². The van der Waals surface area contributed by atoms with Gasteiger partial charge in [0, 0.05) is 28.1 Å². The Labute approximate surface area is 147 Å². The third-order valence-corrected chi connectivity index (χ3v) is 6.18. The van der Waals surface area contributed by atoms with Gasteiger partial charge in [-0.15, -0.1) is 0 Å². The Kier molecular flexibility index (Phi) is 5.33. The van der Waals surface area contributed by atoms with Gasteiger partial charge < -0.3 is 11.5 Å². The van der Waals surface area contributed by atoms with Crippen LogP contribution >= 0.6 is 0 Å². The maximum absolute atomic E-state index is 6.67. The molecule has 4 N–H and O–H groups in total. The molecule has 0 atom stereocenters. The predicted molar refractivity (Wildman–Crippen MR) is 107 cm³/mol. The van der Waals surface area contributed by atoms with E-state index in [0.717, 1.165) is 22.5 Å². The van der Waals surface area contributed by atoms with Crippen molar-refractivity contribution in [2.75, 3.05) is 11.5 Å². The van der Waals surface area contributed by atoms with Crippen molar-refractivity contribution < 1.29 is 0 Å². The maximum Gasteiger partial charge on any atom is 0.0446 e. The van der Waals surface area contributed by atoms with E-state index in [9.17, 15) is 0 Å². The van der Waals surface area contributed by atoms with Crippen LogP contribution < -0.4 is 11.5 Å². The van der Waals surface area contributed by atoms with Crippen LogP contribution in [0.25, 0.3) is 12.2 Å². The molecule has 0 spiro atoms. The van der Waals surface area contributed by atoms with Gasteiger partial charge in [0.05, 0.1) is 0 Å². The summed E-state index contributed by atoms with van der Waals surface area (Å²) >= 11 is 0. The minimum absolute atomic E-state index is 0.497. The third-order valence-electron chi connectivity index (χ3n) is 6.18. The molecule has 2 fully saturated rings. The SMILES string of the molecule is C=Cc1c(N)c(C2CCCCC2)c(N)c(C=C)c1C1CCCCC1. The van der Waals surface area contributed by atoms with Crippen LogP contribution in [0.2, 0.25) is 0 Å². The van der Waals surface area contributed by atoms with Gasteiger partial charge >= 0.3 is 0 Å². The molecule has 0 amide bonds. The zero-order chi connectivity index (χ0) is 17.1. The highest BCUT2D eigenvalue weighted by molar-refractivity contribution is 5.85. The van der Waals surface area contributed by atoms with E-state index in [0.29, 0.717) is 11.8 Å². The second-order valence-corrected chi connectivity index (χ2v) is 7.56. The van der Waals surface area contributed by atoms with Crippen LogP contribution in [0, 0.1) is 0 Å². The molecule has 0 bridgehead atoms. The van der Waals surface area contributed by atoms with Gasteiger partial charge in [-0.1, -0.05) is 63.8 Å². The van der Waals surface area contributed by atoms with Crippen molar-refractivity contribution in [3.8, 4) is 0 Å². The van der Waals surface area contributed by atoms with Gasteiger partial charge in [-0.3, -0.25) is 0 Å². The Hall–Kier alpha value is -1.70. The number of hydrogen-bond acceptors (Lipinski definition) is 2. The summed E-state index contributed by atoms with van der Waals surface area (Å²) in [6.45, 7) is 8.17. The summed E-state index contributed by atoms with van der Waals surface area (Å²) in [6.07, 6.45) is 16.6. The van der Waals surface area contributed by atoms with Crippen LogP contribution in [-0.2, 0) is 0 Å². The van der Waals surface area contributed by atoms with Gasteiger partial charge in [0.15, 0.2) is 0 Å². The average molecular weight is 325 g/mol. The monoisotopic (exact) mass is 324 g/mol. The minimum Gasteiger partial charge on any atom is -0.398 e. The fraction of sp³-hybridized carbons (Fsp3) is 0.545. The lowest BCUT2D eigenvalue weighted by Crippen LogP contribution is -2.17. The average Bonchev–Trinajstić information content (AvgIpc) is 2.63. The highest BCUT2D eigenvalue weighted by Crippen LogP contribution is 2.47. The maximum atomic E-state index is 6.67. The number of nitrogen functional groups attached to an aromatic ring is 2. The molecule has 1 aromatic rings. The normalized spacial score (nSPS) is 20.0. The molecule has 0 aliphatic heterocycles. The molecule has 2 saturated carbocycles. The van der Waals surface area contributed by atoms with E-state index in [1.165, 1.54) is 75.3 Å². The topological polar surface area (TPSA) is 52.0 Å². The summed E-state index contributed by atoms with van der Waals surface area (Å²) in [7, 11) is 0. The van der Waals surface area contributed by atoms with Crippen LogP contribution in [0.5, 0.6) is 0 Å². The standard InChI is InChI=1S/C22H32N2/c1-3-17-19(15-11-7-5-8-12-15)18(4-2)22(24)20(21(17)23)16-13-9-6-10-14-16/h3-4,15-16H,1-2,5-14,23-24H2. The van der Waals surface area contributed by atoms with E-state index in [4.69, 9.17) is 11.5 Å². The summed E-state index contributed by atoms with van der Waals surface area (Å²) < 4.78 is 0. The van der Waals surface area contributed by atoms with E-state index in [1.807, 2.05) is 12.2 Å². The zero-order valence-electron chi connectivity index (χ0n) is 14.9.